The molecule has 14 heavy (non-hydrogen) atoms. The molecule has 0 saturated carbocycles. The lowest BCUT2D eigenvalue weighted by Gasteiger charge is -2.31. The first-order valence-corrected chi connectivity index (χ1v) is 5.40. The lowest BCUT2D eigenvalue weighted by atomic mass is 10.0. The fraction of sp³-hybridized carbons (Fsp3) is 0.818. The normalized spacial score (nSPS) is 28.4. The van der Waals surface area contributed by atoms with Crippen LogP contribution in [0.25, 0.3) is 0 Å². The van der Waals surface area contributed by atoms with Gasteiger partial charge in [-0.25, -0.2) is 0 Å². The Balaban J connectivity index is 2.56. The van der Waals surface area contributed by atoms with Crippen LogP contribution in [0.2, 0.25) is 0 Å². The van der Waals surface area contributed by atoms with E-state index in [9.17, 15) is 0 Å². The van der Waals surface area contributed by atoms with Gasteiger partial charge < -0.3 is 15.5 Å². The standard InChI is InChI=1S/C11H23N3/c1-4-6-10(12)11-9-13(2)7-5-8-14(11)3/h4,10-11H,1,5-9,12H2,2-3H3. The van der Waals surface area contributed by atoms with E-state index in [4.69, 9.17) is 5.73 Å². The van der Waals surface area contributed by atoms with Gasteiger partial charge in [0.15, 0.2) is 0 Å². The predicted octanol–water partition coefficient (Wildman–Crippen LogP) is 0.526. The van der Waals surface area contributed by atoms with Gasteiger partial charge in [-0.3, -0.25) is 0 Å². The number of likely N-dealkylation sites (N-methyl/N-ethyl adjacent to an activating group) is 2. The highest BCUT2D eigenvalue weighted by atomic mass is 15.2. The minimum atomic E-state index is 0.220. The van der Waals surface area contributed by atoms with Crippen molar-refractivity contribution in [2.75, 3.05) is 33.7 Å². The third-order valence-electron chi connectivity index (χ3n) is 3.05. The van der Waals surface area contributed by atoms with Crippen molar-refractivity contribution in [3.8, 4) is 0 Å². The maximum atomic E-state index is 6.14. The molecule has 0 aromatic heterocycles. The van der Waals surface area contributed by atoms with Gasteiger partial charge in [0.1, 0.15) is 0 Å². The number of hydrogen-bond donors (Lipinski definition) is 1. The topological polar surface area (TPSA) is 32.5 Å². The van der Waals surface area contributed by atoms with Crippen molar-refractivity contribution in [1.29, 1.82) is 0 Å². The van der Waals surface area contributed by atoms with Crippen LogP contribution in [0.15, 0.2) is 12.7 Å². The molecule has 0 aromatic rings. The summed E-state index contributed by atoms with van der Waals surface area (Å²) in [5, 5.41) is 0. The molecule has 3 nitrogen and oxygen atoms in total. The summed E-state index contributed by atoms with van der Waals surface area (Å²) < 4.78 is 0. The first-order chi connectivity index (χ1) is 6.65. The van der Waals surface area contributed by atoms with Gasteiger partial charge in [0.25, 0.3) is 0 Å². The summed E-state index contributed by atoms with van der Waals surface area (Å²) in [6.07, 6.45) is 4.07. The van der Waals surface area contributed by atoms with Crippen molar-refractivity contribution >= 4 is 0 Å². The van der Waals surface area contributed by atoms with E-state index in [1.165, 1.54) is 13.0 Å². The minimum Gasteiger partial charge on any atom is -0.326 e. The zero-order chi connectivity index (χ0) is 10.6. The molecule has 82 valence electrons. The molecule has 0 bridgehead atoms. The third kappa shape index (κ3) is 3.08. The van der Waals surface area contributed by atoms with Crippen molar-refractivity contribution in [2.24, 2.45) is 5.73 Å². The predicted molar refractivity (Wildman–Crippen MR) is 61.3 cm³/mol. The zero-order valence-corrected chi connectivity index (χ0v) is 9.45. The van der Waals surface area contributed by atoms with Crippen LogP contribution >= 0.6 is 0 Å². The Hall–Kier alpha value is -0.380. The number of nitrogens with zero attached hydrogens (tertiary/aromatic N) is 2. The average molecular weight is 197 g/mol. The van der Waals surface area contributed by atoms with Crippen LogP contribution < -0.4 is 5.73 Å². The Morgan fingerprint density at radius 2 is 2.21 bits per heavy atom. The minimum absolute atomic E-state index is 0.220. The molecule has 1 aliphatic heterocycles. The number of rotatable bonds is 3. The van der Waals surface area contributed by atoms with E-state index < -0.39 is 0 Å². The number of nitrogens with two attached hydrogens (primary N) is 1. The van der Waals surface area contributed by atoms with E-state index in [2.05, 4.69) is 30.5 Å². The first-order valence-electron chi connectivity index (χ1n) is 5.40. The fourth-order valence-corrected chi connectivity index (χ4v) is 2.12. The van der Waals surface area contributed by atoms with E-state index in [0.717, 1.165) is 19.5 Å². The molecule has 2 atom stereocenters. The van der Waals surface area contributed by atoms with E-state index in [0.29, 0.717) is 6.04 Å². The second-order valence-corrected chi connectivity index (χ2v) is 4.35. The van der Waals surface area contributed by atoms with E-state index in [-0.39, 0.29) is 6.04 Å². The van der Waals surface area contributed by atoms with Crippen LogP contribution in [-0.4, -0.2) is 55.6 Å². The molecule has 0 spiro atoms. The molecule has 2 unspecified atom stereocenters. The van der Waals surface area contributed by atoms with Gasteiger partial charge in [-0.15, -0.1) is 6.58 Å². The van der Waals surface area contributed by atoms with Gasteiger partial charge in [-0.05, 0) is 40.0 Å². The summed E-state index contributed by atoms with van der Waals surface area (Å²) in [5.74, 6) is 0. The summed E-state index contributed by atoms with van der Waals surface area (Å²) in [5.41, 5.74) is 6.14. The third-order valence-corrected chi connectivity index (χ3v) is 3.05. The second-order valence-electron chi connectivity index (χ2n) is 4.35. The monoisotopic (exact) mass is 197 g/mol. The largest absolute Gasteiger partial charge is 0.326 e. The highest BCUT2D eigenvalue weighted by Gasteiger charge is 2.24. The fourth-order valence-electron chi connectivity index (χ4n) is 2.12. The summed E-state index contributed by atoms with van der Waals surface area (Å²) in [7, 11) is 4.35. The van der Waals surface area contributed by atoms with Gasteiger partial charge in [0.05, 0.1) is 0 Å². The Morgan fingerprint density at radius 3 is 2.86 bits per heavy atom. The van der Waals surface area contributed by atoms with Crippen LogP contribution in [0.1, 0.15) is 12.8 Å². The van der Waals surface area contributed by atoms with Crippen molar-refractivity contribution < 1.29 is 0 Å². The molecule has 0 amide bonds. The molecule has 0 radical (unpaired) electrons. The van der Waals surface area contributed by atoms with Crippen molar-refractivity contribution in [3.05, 3.63) is 12.7 Å². The summed E-state index contributed by atoms with van der Waals surface area (Å²) in [6.45, 7) is 7.16. The van der Waals surface area contributed by atoms with Gasteiger partial charge in [0, 0.05) is 18.6 Å². The molecule has 0 aromatic carbocycles. The maximum Gasteiger partial charge on any atom is 0.0374 e. The first kappa shape index (κ1) is 11.7. The molecule has 0 aliphatic carbocycles. The Labute approximate surface area is 87.6 Å². The molecular formula is C11H23N3. The maximum absolute atomic E-state index is 6.14. The summed E-state index contributed by atoms with van der Waals surface area (Å²) in [4.78, 5) is 4.76. The lowest BCUT2D eigenvalue weighted by Crippen LogP contribution is -2.49. The Morgan fingerprint density at radius 1 is 1.50 bits per heavy atom. The van der Waals surface area contributed by atoms with E-state index in [1.807, 2.05) is 6.08 Å². The molecular weight excluding hydrogens is 174 g/mol. The van der Waals surface area contributed by atoms with Gasteiger partial charge >= 0.3 is 0 Å². The van der Waals surface area contributed by atoms with E-state index >= 15 is 0 Å². The van der Waals surface area contributed by atoms with Crippen LogP contribution in [0, 0.1) is 0 Å². The molecule has 1 heterocycles. The van der Waals surface area contributed by atoms with Crippen molar-refractivity contribution in [1.82, 2.24) is 9.80 Å². The SMILES string of the molecule is C=CCC(N)C1CN(C)CCCN1C. The molecule has 3 heteroatoms. The molecule has 1 aliphatic rings. The lowest BCUT2D eigenvalue weighted by molar-refractivity contribution is 0.196. The quantitative estimate of drug-likeness (QED) is 0.670. The van der Waals surface area contributed by atoms with Gasteiger partial charge in [-0.2, -0.15) is 0 Å². The molecule has 1 fully saturated rings. The highest BCUT2D eigenvalue weighted by molar-refractivity contribution is 4.89. The summed E-state index contributed by atoms with van der Waals surface area (Å²) in [6, 6.07) is 0.693. The van der Waals surface area contributed by atoms with Crippen LogP contribution in [0.5, 0.6) is 0 Å². The summed E-state index contributed by atoms with van der Waals surface area (Å²) >= 11 is 0. The van der Waals surface area contributed by atoms with Crippen LogP contribution in [0.3, 0.4) is 0 Å². The molecule has 2 N–H and O–H groups in total. The second kappa shape index (κ2) is 5.49. The van der Waals surface area contributed by atoms with Crippen LogP contribution in [0.4, 0.5) is 0 Å². The highest BCUT2D eigenvalue weighted by Crippen LogP contribution is 2.11. The van der Waals surface area contributed by atoms with Crippen molar-refractivity contribution in [2.45, 2.75) is 24.9 Å². The Bertz CT molecular complexity index is 181. The number of hydrogen-bond acceptors (Lipinski definition) is 3. The smallest absolute Gasteiger partial charge is 0.0374 e. The average Bonchev–Trinajstić information content (AvgIpc) is 2.29. The van der Waals surface area contributed by atoms with E-state index in [1.54, 1.807) is 0 Å². The zero-order valence-electron chi connectivity index (χ0n) is 9.45. The van der Waals surface area contributed by atoms with Gasteiger partial charge in [0.2, 0.25) is 0 Å². The van der Waals surface area contributed by atoms with Crippen molar-refractivity contribution in [3.63, 3.8) is 0 Å². The Kier molecular flexibility index (Phi) is 4.58. The molecule has 1 saturated heterocycles. The van der Waals surface area contributed by atoms with Crippen LogP contribution in [-0.2, 0) is 0 Å². The molecule has 1 rings (SSSR count). The van der Waals surface area contributed by atoms with Gasteiger partial charge in [-0.1, -0.05) is 6.08 Å².